The predicted octanol–water partition coefficient (Wildman–Crippen LogP) is 3.82. The first kappa shape index (κ1) is 17.0. The molecule has 0 bridgehead atoms. The zero-order valence-corrected chi connectivity index (χ0v) is 13.9. The number of carbonyl (C=O) groups is 1. The molecule has 0 atom stereocenters. The number of nitrogens with one attached hydrogen (secondary N) is 2. The lowest BCUT2D eigenvalue weighted by Gasteiger charge is -2.22. The first-order valence-corrected chi connectivity index (χ1v) is 8.84. The van der Waals surface area contributed by atoms with Crippen LogP contribution in [0.1, 0.15) is 67.3 Å². The third-order valence-corrected chi connectivity index (χ3v) is 4.46. The highest BCUT2D eigenvalue weighted by Crippen LogP contribution is 2.17. The summed E-state index contributed by atoms with van der Waals surface area (Å²) >= 11 is 0. The van der Waals surface area contributed by atoms with Gasteiger partial charge in [0.05, 0.1) is 0 Å². The molecule has 0 radical (unpaired) electrons. The Balaban J connectivity index is 0.000000246. The summed E-state index contributed by atoms with van der Waals surface area (Å²) in [6.07, 6.45) is 10.3. The average Bonchev–Trinajstić information content (AvgIpc) is 2.58. The van der Waals surface area contributed by atoms with Crippen LogP contribution >= 0.6 is 0 Å². The second kappa shape index (κ2) is 9.62. The van der Waals surface area contributed by atoms with Crippen molar-refractivity contribution in [2.45, 2.75) is 64.3 Å². The van der Waals surface area contributed by atoms with Crippen LogP contribution in [-0.2, 0) is 0 Å². The highest BCUT2D eigenvalue weighted by molar-refractivity contribution is 5.94. The minimum absolute atomic E-state index is 0.0758. The second-order valence-corrected chi connectivity index (χ2v) is 6.49. The van der Waals surface area contributed by atoms with Gasteiger partial charge in [-0.15, -0.1) is 0 Å². The minimum Gasteiger partial charge on any atom is -0.349 e. The van der Waals surface area contributed by atoms with Crippen LogP contribution in [0, 0.1) is 6.92 Å². The van der Waals surface area contributed by atoms with Gasteiger partial charge in [-0.1, -0.05) is 43.4 Å². The summed E-state index contributed by atoms with van der Waals surface area (Å²) in [7, 11) is 0. The first-order valence-electron chi connectivity index (χ1n) is 8.84. The van der Waals surface area contributed by atoms with Crippen LogP contribution in [0.2, 0.25) is 0 Å². The van der Waals surface area contributed by atoms with E-state index in [1.807, 2.05) is 31.2 Å². The van der Waals surface area contributed by atoms with E-state index in [1.165, 1.54) is 57.2 Å². The van der Waals surface area contributed by atoms with Gasteiger partial charge in [0.1, 0.15) is 0 Å². The number of rotatable bonds is 2. The maximum absolute atomic E-state index is 11.9. The zero-order chi connectivity index (χ0) is 15.6. The number of benzene rings is 1. The van der Waals surface area contributed by atoms with Crippen LogP contribution < -0.4 is 10.6 Å². The molecule has 1 aromatic rings. The van der Waals surface area contributed by atoms with Crippen molar-refractivity contribution in [3.63, 3.8) is 0 Å². The van der Waals surface area contributed by atoms with Crippen LogP contribution in [0.4, 0.5) is 0 Å². The Labute approximate surface area is 134 Å². The summed E-state index contributed by atoms with van der Waals surface area (Å²) in [6.45, 7) is 4.53. The van der Waals surface area contributed by atoms with Gasteiger partial charge < -0.3 is 10.6 Å². The number of hydrogen-bond acceptors (Lipinski definition) is 2. The maximum Gasteiger partial charge on any atom is 0.251 e. The molecule has 1 aliphatic heterocycles. The molecule has 1 aromatic carbocycles. The molecule has 2 fully saturated rings. The number of hydrogen-bond donors (Lipinski definition) is 2. The molecular weight excluding hydrogens is 272 g/mol. The fourth-order valence-corrected chi connectivity index (χ4v) is 3.02. The molecule has 2 N–H and O–H groups in total. The SMILES string of the molecule is C1CCNCC1.Cc1ccc(C(=O)NC2CCCCC2)cc1. The molecule has 22 heavy (non-hydrogen) atoms. The molecule has 3 heteroatoms. The lowest BCUT2D eigenvalue weighted by atomic mass is 9.95. The molecule has 1 saturated heterocycles. The van der Waals surface area contributed by atoms with Crippen molar-refractivity contribution in [1.82, 2.24) is 10.6 Å². The van der Waals surface area contributed by atoms with E-state index < -0.39 is 0 Å². The average molecular weight is 302 g/mol. The van der Waals surface area contributed by atoms with E-state index in [0.717, 1.165) is 18.4 Å². The highest BCUT2D eigenvalue weighted by Gasteiger charge is 2.16. The van der Waals surface area contributed by atoms with Gasteiger partial charge in [-0.25, -0.2) is 0 Å². The van der Waals surface area contributed by atoms with Crippen molar-refractivity contribution < 1.29 is 4.79 Å². The molecular formula is C19H30N2O. The van der Waals surface area contributed by atoms with Crippen molar-refractivity contribution in [3.05, 3.63) is 35.4 Å². The van der Waals surface area contributed by atoms with E-state index in [4.69, 9.17) is 0 Å². The number of aryl methyl sites for hydroxylation is 1. The van der Waals surface area contributed by atoms with Gasteiger partial charge in [-0.05, 0) is 57.8 Å². The van der Waals surface area contributed by atoms with Gasteiger partial charge in [-0.3, -0.25) is 4.79 Å². The van der Waals surface area contributed by atoms with E-state index >= 15 is 0 Å². The molecule has 0 spiro atoms. The molecule has 2 aliphatic rings. The molecule has 122 valence electrons. The topological polar surface area (TPSA) is 41.1 Å². The van der Waals surface area contributed by atoms with Crippen LogP contribution in [0.15, 0.2) is 24.3 Å². The maximum atomic E-state index is 11.9. The van der Waals surface area contributed by atoms with Gasteiger partial charge in [0.2, 0.25) is 0 Å². The number of piperidine rings is 1. The molecule has 3 rings (SSSR count). The first-order chi connectivity index (χ1) is 10.8. The van der Waals surface area contributed by atoms with Crippen LogP contribution in [0.3, 0.4) is 0 Å². The van der Waals surface area contributed by atoms with E-state index in [0.29, 0.717) is 6.04 Å². The molecule has 1 aliphatic carbocycles. The molecule has 0 unspecified atom stereocenters. The van der Waals surface area contributed by atoms with Gasteiger partial charge >= 0.3 is 0 Å². The normalized spacial score (nSPS) is 19.0. The number of carbonyl (C=O) groups excluding carboxylic acids is 1. The zero-order valence-electron chi connectivity index (χ0n) is 13.9. The lowest BCUT2D eigenvalue weighted by Crippen LogP contribution is -2.36. The lowest BCUT2D eigenvalue weighted by molar-refractivity contribution is 0.0927. The Morgan fingerprint density at radius 1 is 0.955 bits per heavy atom. The third kappa shape index (κ3) is 6.18. The number of amides is 1. The molecule has 1 amide bonds. The van der Waals surface area contributed by atoms with E-state index in [-0.39, 0.29) is 5.91 Å². The minimum atomic E-state index is 0.0758. The Morgan fingerprint density at radius 3 is 2.05 bits per heavy atom. The Hall–Kier alpha value is -1.35. The van der Waals surface area contributed by atoms with E-state index in [9.17, 15) is 4.79 Å². The third-order valence-electron chi connectivity index (χ3n) is 4.46. The van der Waals surface area contributed by atoms with Gasteiger partial charge in [0.15, 0.2) is 0 Å². The quantitative estimate of drug-likeness (QED) is 0.872. The van der Waals surface area contributed by atoms with Crippen LogP contribution in [-0.4, -0.2) is 25.0 Å². The van der Waals surface area contributed by atoms with Crippen molar-refractivity contribution in [2.24, 2.45) is 0 Å². The van der Waals surface area contributed by atoms with Gasteiger partial charge in [-0.2, -0.15) is 0 Å². The summed E-state index contributed by atoms with van der Waals surface area (Å²) < 4.78 is 0. The highest BCUT2D eigenvalue weighted by atomic mass is 16.1. The fourth-order valence-electron chi connectivity index (χ4n) is 3.02. The largest absolute Gasteiger partial charge is 0.349 e. The standard InChI is InChI=1S/C14H19NO.C5H11N/c1-11-7-9-12(10-8-11)14(16)15-13-5-3-2-4-6-13;1-2-4-6-5-3-1/h7-10,13H,2-6H2,1H3,(H,15,16);6H,1-5H2. The summed E-state index contributed by atoms with van der Waals surface area (Å²) in [5.41, 5.74) is 1.96. The van der Waals surface area contributed by atoms with Crippen LogP contribution in [0.5, 0.6) is 0 Å². The fraction of sp³-hybridized carbons (Fsp3) is 0.632. The molecule has 1 heterocycles. The molecule has 3 nitrogen and oxygen atoms in total. The van der Waals surface area contributed by atoms with Crippen molar-refractivity contribution in [1.29, 1.82) is 0 Å². The smallest absolute Gasteiger partial charge is 0.251 e. The molecule has 1 saturated carbocycles. The van der Waals surface area contributed by atoms with Crippen molar-refractivity contribution in [2.75, 3.05) is 13.1 Å². The van der Waals surface area contributed by atoms with Gasteiger partial charge in [0, 0.05) is 11.6 Å². The van der Waals surface area contributed by atoms with E-state index in [1.54, 1.807) is 0 Å². The Kier molecular flexibility index (Phi) is 7.44. The van der Waals surface area contributed by atoms with Crippen molar-refractivity contribution >= 4 is 5.91 Å². The monoisotopic (exact) mass is 302 g/mol. The summed E-state index contributed by atoms with van der Waals surface area (Å²) in [6, 6.07) is 8.15. The van der Waals surface area contributed by atoms with E-state index in [2.05, 4.69) is 10.6 Å². The van der Waals surface area contributed by atoms with Crippen molar-refractivity contribution in [3.8, 4) is 0 Å². The molecule has 0 aromatic heterocycles. The predicted molar refractivity (Wildman–Crippen MR) is 92.2 cm³/mol. The summed E-state index contributed by atoms with van der Waals surface area (Å²) in [4.78, 5) is 11.9. The second-order valence-electron chi connectivity index (χ2n) is 6.49. The van der Waals surface area contributed by atoms with Crippen LogP contribution in [0.25, 0.3) is 0 Å². The summed E-state index contributed by atoms with van der Waals surface area (Å²) in [5, 5.41) is 6.40. The van der Waals surface area contributed by atoms with Gasteiger partial charge in [0.25, 0.3) is 5.91 Å². The summed E-state index contributed by atoms with van der Waals surface area (Å²) in [5.74, 6) is 0.0758. The Morgan fingerprint density at radius 2 is 1.55 bits per heavy atom. The Bertz CT molecular complexity index is 420.